The van der Waals surface area contributed by atoms with Gasteiger partial charge in [-0.3, -0.25) is 10.1 Å². The number of H-pyrrole nitrogens is 1. The van der Waals surface area contributed by atoms with Gasteiger partial charge in [0.05, 0.1) is 23.0 Å². The molecule has 0 saturated heterocycles. The van der Waals surface area contributed by atoms with E-state index in [0.29, 0.717) is 12.4 Å². The van der Waals surface area contributed by atoms with Crippen LogP contribution < -0.4 is 10.6 Å². The molecule has 3 N–H and O–H groups in total. The number of anilines is 1. The molecular weight excluding hydrogens is 368 g/mol. The summed E-state index contributed by atoms with van der Waals surface area (Å²) in [6, 6.07) is 7.11. The van der Waals surface area contributed by atoms with Crippen LogP contribution in [0.5, 0.6) is 0 Å². The predicted molar refractivity (Wildman–Crippen MR) is 116 cm³/mol. The average molecular weight is 403 g/mol. The van der Waals surface area contributed by atoms with E-state index in [9.17, 15) is 9.59 Å². The van der Waals surface area contributed by atoms with Gasteiger partial charge in [0, 0.05) is 0 Å². The minimum Gasteiger partial charge on any atom is -0.463 e. The SMILES string of the molecule is CC(C)(C)CC(C)(C(=O)OCCNC(=O)Nc1nc2ccccc2[nH]1)C(C)(C)C. The molecule has 29 heavy (non-hydrogen) atoms. The number of imidazole rings is 1. The Hall–Kier alpha value is -2.57. The molecular formula is C22H34N4O3. The summed E-state index contributed by atoms with van der Waals surface area (Å²) >= 11 is 0. The number of carbonyl (C=O) groups excluding carboxylic acids is 2. The van der Waals surface area contributed by atoms with E-state index in [2.05, 4.69) is 62.1 Å². The molecule has 1 aromatic heterocycles. The molecule has 7 nitrogen and oxygen atoms in total. The Morgan fingerprint density at radius 1 is 1.07 bits per heavy atom. The average Bonchev–Trinajstić information content (AvgIpc) is 2.98. The minimum absolute atomic E-state index is 0.00817. The van der Waals surface area contributed by atoms with Crippen LogP contribution in [0.15, 0.2) is 24.3 Å². The number of benzene rings is 1. The van der Waals surface area contributed by atoms with Gasteiger partial charge < -0.3 is 15.0 Å². The maximum absolute atomic E-state index is 12.9. The number of esters is 1. The van der Waals surface area contributed by atoms with E-state index in [1.807, 2.05) is 31.2 Å². The number of hydrogen-bond acceptors (Lipinski definition) is 4. The minimum atomic E-state index is -0.623. The first-order valence-electron chi connectivity index (χ1n) is 9.99. The summed E-state index contributed by atoms with van der Waals surface area (Å²) in [5.41, 5.74) is 0.742. The molecule has 2 amide bonds. The predicted octanol–water partition coefficient (Wildman–Crippen LogP) is 4.72. The van der Waals surface area contributed by atoms with E-state index >= 15 is 0 Å². The molecule has 1 unspecified atom stereocenters. The molecule has 0 fully saturated rings. The van der Waals surface area contributed by atoms with Crippen LogP contribution in [0.3, 0.4) is 0 Å². The molecule has 1 heterocycles. The third-order valence-corrected chi connectivity index (χ3v) is 5.23. The van der Waals surface area contributed by atoms with Crippen molar-refractivity contribution in [3.8, 4) is 0 Å². The van der Waals surface area contributed by atoms with E-state index in [-0.39, 0.29) is 30.0 Å². The number of carbonyl (C=O) groups is 2. The quantitative estimate of drug-likeness (QED) is 0.481. The molecule has 2 aromatic rings. The summed E-state index contributed by atoms with van der Waals surface area (Å²) in [4.78, 5) is 32.2. The van der Waals surface area contributed by atoms with Gasteiger partial charge in [0.1, 0.15) is 6.61 Å². The van der Waals surface area contributed by atoms with Crippen LogP contribution in [0.2, 0.25) is 0 Å². The maximum atomic E-state index is 12.9. The Kier molecular flexibility index (Phi) is 6.60. The number of hydrogen-bond donors (Lipinski definition) is 3. The highest BCUT2D eigenvalue weighted by Gasteiger charge is 2.47. The Labute approximate surface area is 173 Å². The summed E-state index contributed by atoms with van der Waals surface area (Å²) in [5, 5.41) is 5.33. The largest absolute Gasteiger partial charge is 0.463 e. The second-order valence-electron chi connectivity index (χ2n) is 9.94. The number of ether oxygens (including phenoxy) is 1. The van der Waals surface area contributed by atoms with Crippen molar-refractivity contribution in [2.75, 3.05) is 18.5 Å². The zero-order valence-corrected chi connectivity index (χ0v) is 18.6. The van der Waals surface area contributed by atoms with Crippen molar-refractivity contribution in [3.63, 3.8) is 0 Å². The third-order valence-electron chi connectivity index (χ3n) is 5.23. The van der Waals surface area contributed by atoms with Crippen LogP contribution in [-0.4, -0.2) is 35.1 Å². The lowest BCUT2D eigenvalue weighted by Gasteiger charge is -2.43. The molecule has 2 rings (SSSR count). The van der Waals surface area contributed by atoms with Crippen molar-refractivity contribution in [2.24, 2.45) is 16.2 Å². The van der Waals surface area contributed by atoms with Gasteiger partial charge >= 0.3 is 12.0 Å². The highest BCUT2D eigenvalue weighted by molar-refractivity contribution is 5.89. The normalized spacial score (nSPS) is 14.3. The Morgan fingerprint density at radius 2 is 1.72 bits per heavy atom. The zero-order valence-electron chi connectivity index (χ0n) is 18.6. The Morgan fingerprint density at radius 3 is 2.31 bits per heavy atom. The summed E-state index contributed by atoms with van der Waals surface area (Å²) in [5.74, 6) is 0.130. The number of amides is 2. The highest BCUT2D eigenvalue weighted by Crippen LogP contribution is 2.47. The van der Waals surface area contributed by atoms with Gasteiger partial charge in [0.15, 0.2) is 0 Å². The number of aromatic amines is 1. The van der Waals surface area contributed by atoms with Crippen molar-refractivity contribution < 1.29 is 14.3 Å². The van der Waals surface area contributed by atoms with Gasteiger partial charge in [-0.05, 0) is 36.3 Å². The molecule has 160 valence electrons. The number of nitrogens with one attached hydrogen (secondary N) is 3. The number of nitrogens with zero attached hydrogens (tertiary/aromatic N) is 1. The second-order valence-corrected chi connectivity index (χ2v) is 9.94. The van der Waals surface area contributed by atoms with Crippen molar-refractivity contribution in [3.05, 3.63) is 24.3 Å². The van der Waals surface area contributed by atoms with Crippen LogP contribution in [-0.2, 0) is 9.53 Å². The van der Waals surface area contributed by atoms with Crippen LogP contribution in [0.4, 0.5) is 10.7 Å². The van der Waals surface area contributed by atoms with Crippen LogP contribution in [0, 0.1) is 16.2 Å². The lowest BCUT2D eigenvalue weighted by molar-refractivity contribution is -0.164. The number of urea groups is 1. The smallest absolute Gasteiger partial charge is 0.321 e. The summed E-state index contributed by atoms with van der Waals surface area (Å²) in [7, 11) is 0. The molecule has 0 aliphatic carbocycles. The van der Waals surface area contributed by atoms with E-state index in [1.54, 1.807) is 0 Å². The fourth-order valence-corrected chi connectivity index (χ4v) is 3.34. The molecule has 7 heteroatoms. The van der Waals surface area contributed by atoms with Crippen LogP contribution in [0.1, 0.15) is 54.9 Å². The molecule has 0 bridgehead atoms. The fraction of sp³-hybridized carbons (Fsp3) is 0.591. The molecule has 1 atom stereocenters. The molecule has 1 aromatic carbocycles. The molecule has 0 aliphatic heterocycles. The van der Waals surface area contributed by atoms with Crippen molar-refractivity contribution in [1.82, 2.24) is 15.3 Å². The van der Waals surface area contributed by atoms with Gasteiger partial charge in [-0.15, -0.1) is 0 Å². The number of fused-ring (bicyclic) bond motifs is 1. The van der Waals surface area contributed by atoms with Crippen LogP contribution >= 0.6 is 0 Å². The van der Waals surface area contributed by atoms with Gasteiger partial charge in [-0.25, -0.2) is 9.78 Å². The Bertz CT molecular complexity index is 828. The van der Waals surface area contributed by atoms with Gasteiger partial charge in [-0.1, -0.05) is 53.7 Å². The standard InChI is InChI=1S/C22H34N4O3/c1-20(2,3)14-22(7,21(4,5)6)17(27)29-13-12-23-19(28)26-18-24-15-10-8-9-11-16(15)25-18/h8-11H,12-14H2,1-7H3,(H3,23,24,25,26,28). The monoisotopic (exact) mass is 402 g/mol. The van der Waals surface area contributed by atoms with Crippen LogP contribution in [0.25, 0.3) is 11.0 Å². The Balaban J connectivity index is 1.84. The van der Waals surface area contributed by atoms with Crippen molar-refractivity contribution in [2.45, 2.75) is 54.9 Å². The van der Waals surface area contributed by atoms with Gasteiger partial charge in [0.25, 0.3) is 0 Å². The summed E-state index contributed by atoms with van der Waals surface area (Å²) in [6.07, 6.45) is 0.711. The van der Waals surface area contributed by atoms with Crippen molar-refractivity contribution in [1.29, 1.82) is 0 Å². The second kappa shape index (κ2) is 8.43. The fourth-order valence-electron chi connectivity index (χ4n) is 3.34. The molecule has 0 spiro atoms. The van der Waals surface area contributed by atoms with Crippen molar-refractivity contribution >= 4 is 29.0 Å². The summed E-state index contributed by atoms with van der Waals surface area (Å²) < 4.78 is 5.52. The molecule has 0 radical (unpaired) electrons. The zero-order chi connectivity index (χ0) is 21.9. The first kappa shape index (κ1) is 22.7. The van der Waals surface area contributed by atoms with Gasteiger partial charge in [0.2, 0.25) is 5.95 Å². The maximum Gasteiger partial charge on any atom is 0.321 e. The lowest BCUT2D eigenvalue weighted by atomic mass is 9.61. The summed E-state index contributed by atoms with van der Waals surface area (Å²) in [6.45, 7) is 14.8. The number of aromatic nitrogens is 2. The molecule has 0 aliphatic rings. The highest BCUT2D eigenvalue weighted by atomic mass is 16.5. The number of para-hydroxylation sites is 2. The van der Waals surface area contributed by atoms with E-state index in [4.69, 9.17) is 4.74 Å². The topological polar surface area (TPSA) is 96.1 Å². The first-order valence-corrected chi connectivity index (χ1v) is 9.99. The third kappa shape index (κ3) is 5.95. The van der Waals surface area contributed by atoms with E-state index < -0.39 is 11.4 Å². The van der Waals surface area contributed by atoms with E-state index in [0.717, 1.165) is 11.0 Å². The van der Waals surface area contributed by atoms with E-state index in [1.165, 1.54) is 0 Å². The number of rotatable bonds is 6. The first-order chi connectivity index (χ1) is 13.3. The lowest BCUT2D eigenvalue weighted by Crippen LogP contribution is -2.45. The van der Waals surface area contributed by atoms with Gasteiger partial charge in [-0.2, -0.15) is 0 Å². The molecule has 0 saturated carbocycles.